The third kappa shape index (κ3) is 8.02. The molecule has 2 heterocycles. The summed E-state index contributed by atoms with van der Waals surface area (Å²) in [7, 11) is 1.73. The molecule has 2 aromatic heterocycles. The number of nitrogens with two attached hydrogens (primary N) is 1. The Morgan fingerprint density at radius 3 is 2.29 bits per heavy atom. The van der Waals surface area contributed by atoms with Crippen LogP contribution in [0.3, 0.4) is 0 Å². The van der Waals surface area contributed by atoms with Crippen LogP contribution in [-0.4, -0.2) is 27.4 Å². The topological polar surface area (TPSA) is 112 Å². The average Bonchev–Trinajstić information content (AvgIpc) is 2.92. The van der Waals surface area contributed by atoms with E-state index in [4.69, 9.17) is 43.4 Å². The van der Waals surface area contributed by atoms with Crippen molar-refractivity contribution in [3.8, 4) is 34.2 Å². The summed E-state index contributed by atoms with van der Waals surface area (Å²) in [6, 6.07) is 22.4. The van der Waals surface area contributed by atoms with Gasteiger partial charge in [-0.15, -0.1) is 4.41 Å². The Kier molecular flexibility index (Phi) is 10.6. The van der Waals surface area contributed by atoms with Crippen molar-refractivity contribution in [1.29, 1.82) is 5.26 Å². The van der Waals surface area contributed by atoms with Crippen LogP contribution in [0.5, 0.6) is 5.75 Å². The third-order valence-electron chi connectivity index (χ3n) is 5.02. The van der Waals surface area contributed by atoms with Gasteiger partial charge in [0.15, 0.2) is 18.0 Å². The van der Waals surface area contributed by atoms with Gasteiger partial charge in [0.2, 0.25) is 5.96 Å². The quantitative estimate of drug-likeness (QED) is 0.0854. The highest BCUT2D eigenvalue weighted by Crippen LogP contribution is 2.32. The monoisotopic (exact) mass is 583 g/mol. The zero-order valence-electron chi connectivity index (χ0n) is 20.1. The Hall–Kier alpha value is -3.46. The summed E-state index contributed by atoms with van der Waals surface area (Å²) in [6.07, 6.45) is 3.25. The molecular formula is C26H23Cl2N7OS2. The lowest BCUT2D eigenvalue weighted by Crippen LogP contribution is -2.40. The van der Waals surface area contributed by atoms with Crippen LogP contribution in [-0.2, 0) is 6.54 Å². The van der Waals surface area contributed by atoms with E-state index in [9.17, 15) is 0 Å². The lowest BCUT2D eigenvalue weighted by atomic mass is 9.98. The zero-order valence-corrected chi connectivity index (χ0v) is 23.4. The molecule has 12 heteroatoms. The van der Waals surface area contributed by atoms with Gasteiger partial charge in [-0.1, -0.05) is 47.5 Å². The van der Waals surface area contributed by atoms with Crippen molar-refractivity contribution in [3.05, 3.63) is 100 Å². The number of aromatic nitrogens is 2. The van der Waals surface area contributed by atoms with E-state index in [1.54, 1.807) is 29.8 Å². The van der Waals surface area contributed by atoms with Gasteiger partial charge >= 0.3 is 0 Å². The van der Waals surface area contributed by atoms with E-state index < -0.39 is 0 Å². The molecule has 0 atom stereocenters. The molecule has 194 valence electrons. The van der Waals surface area contributed by atoms with Gasteiger partial charge in [0.25, 0.3) is 0 Å². The summed E-state index contributed by atoms with van der Waals surface area (Å²) in [4.78, 5) is 13.1. The molecule has 0 fully saturated rings. The Bertz CT molecular complexity index is 1430. The fourth-order valence-corrected chi connectivity index (χ4v) is 3.95. The molecular weight excluding hydrogens is 561 g/mol. The van der Waals surface area contributed by atoms with Crippen LogP contribution in [0.25, 0.3) is 22.4 Å². The number of aliphatic imine (C=N–C) groups is 1. The van der Waals surface area contributed by atoms with Gasteiger partial charge in [-0.25, -0.2) is 9.98 Å². The molecule has 0 radical (unpaired) electrons. The van der Waals surface area contributed by atoms with Gasteiger partial charge < -0.3 is 9.92 Å². The van der Waals surface area contributed by atoms with Crippen LogP contribution in [0.15, 0.2) is 84.1 Å². The molecule has 0 aliphatic rings. The Morgan fingerprint density at radius 1 is 1.03 bits per heavy atom. The number of guanidine groups is 1. The SMILES string of the molecule is CN(NC(N)=NCc1cnc(-c2ccc(Cl)cc2)c(-c2ccc(Cl)cc2)c1)SOc1ccc(C#N)nc1.S. The van der Waals surface area contributed by atoms with Gasteiger partial charge in [-0.3, -0.25) is 10.4 Å². The van der Waals surface area contributed by atoms with Crippen LogP contribution >= 0.6 is 48.9 Å². The smallest absolute Gasteiger partial charge is 0.204 e. The van der Waals surface area contributed by atoms with E-state index in [0.29, 0.717) is 28.0 Å². The summed E-state index contributed by atoms with van der Waals surface area (Å²) in [5.41, 5.74) is 13.9. The second-order valence-electron chi connectivity index (χ2n) is 7.71. The maximum absolute atomic E-state index is 8.82. The van der Waals surface area contributed by atoms with Crippen LogP contribution < -0.4 is 15.3 Å². The molecule has 38 heavy (non-hydrogen) atoms. The van der Waals surface area contributed by atoms with Gasteiger partial charge in [0.1, 0.15) is 11.8 Å². The Balaban J connectivity index is 0.00000400. The second-order valence-corrected chi connectivity index (χ2v) is 9.45. The fourth-order valence-electron chi connectivity index (χ4n) is 3.27. The second kappa shape index (κ2) is 13.9. The Labute approximate surface area is 242 Å². The van der Waals surface area contributed by atoms with Crippen LogP contribution in [0.2, 0.25) is 10.0 Å². The zero-order chi connectivity index (χ0) is 26.2. The largest absolute Gasteiger partial charge is 0.407 e. The van der Waals surface area contributed by atoms with Crippen molar-refractivity contribution >= 4 is 54.9 Å². The van der Waals surface area contributed by atoms with Gasteiger partial charge in [0, 0.05) is 34.4 Å². The highest BCUT2D eigenvalue weighted by atomic mass is 35.5. The summed E-state index contributed by atoms with van der Waals surface area (Å²) in [5.74, 6) is 0.695. The molecule has 4 aromatic rings. The van der Waals surface area contributed by atoms with Crippen molar-refractivity contribution in [2.45, 2.75) is 6.54 Å². The van der Waals surface area contributed by atoms with Gasteiger partial charge in [0.05, 0.1) is 18.4 Å². The minimum Gasteiger partial charge on any atom is -0.407 e. The molecule has 0 saturated heterocycles. The molecule has 0 unspecified atom stereocenters. The number of rotatable bonds is 8. The summed E-state index contributed by atoms with van der Waals surface area (Å²) in [5, 5.41) is 10.1. The van der Waals surface area contributed by atoms with Gasteiger partial charge in [-0.05, 0) is 53.6 Å². The molecule has 4 rings (SSSR count). The standard InChI is InChI=1S/C26H21Cl2N7OS.H2S/c1-35(37-36-23-11-10-22(13-29)31-16-23)34-26(30)33-15-17-12-24(18-2-6-20(27)7-3-18)25(32-14-17)19-4-8-21(28)9-5-19;/h2-12,14,16H,15H2,1H3,(H3,30,33,34);1H2. The number of hydrogen-bond acceptors (Lipinski definition) is 7. The van der Waals surface area contributed by atoms with Crippen molar-refractivity contribution in [2.24, 2.45) is 10.7 Å². The van der Waals surface area contributed by atoms with E-state index in [0.717, 1.165) is 40.2 Å². The number of nitrogens with one attached hydrogen (secondary N) is 1. The van der Waals surface area contributed by atoms with Crippen molar-refractivity contribution < 1.29 is 4.18 Å². The number of hydrogen-bond donors (Lipinski definition) is 2. The minimum absolute atomic E-state index is 0. The number of nitriles is 1. The lowest BCUT2D eigenvalue weighted by molar-refractivity contribution is 0.470. The first-order chi connectivity index (χ1) is 17.9. The number of halogens is 2. The molecule has 0 amide bonds. The molecule has 0 aliphatic carbocycles. The average molecular weight is 585 g/mol. The first kappa shape index (κ1) is 29.1. The van der Waals surface area contributed by atoms with E-state index >= 15 is 0 Å². The molecule has 0 bridgehead atoms. The first-order valence-electron chi connectivity index (χ1n) is 10.9. The number of nitrogens with zero attached hydrogens (tertiary/aromatic N) is 5. The first-order valence-corrected chi connectivity index (χ1v) is 12.4. The fraction of sp³-hybridized carbons (Fsp3) is 0.0769. The normalized spacial score (nSPS) is 11.0. The molecule has 2 aromatic carbocycles. The van der Waals surface area contributed by atoms with Crippen molar-refractivity contribution in [1.82, 2.24) is 19.8 Å². The number of hydrazine groups is 1. The van der Waals surface area contributed by atoms with E-state index in [-0.39, 0.29) is 19.5 Å². The summed E-state index contributed by atoms with van der Waals surface area (Å²) in [6.45, 7) is 0.312. The molecule has 3 N–H and O–H groups in total. The molecule has 8 nitrogen and oxygen atoms in total. The summed E-state index contributed by atoms with van der Waals surface area (Å²) >= 11 is 13.2. The maximum atomic E-state index is 8.82. The van der Waals surface area contributed by atoms with E-state index in [1.807, 2.05) is 60.7 Å². The molecule has 0 aliphatic heterocycles. The van der Waals surface area contributed by atoms with Crippen LogP contribution in [0.4, 0.5) is 0 Å². The third-order valence-corrected chi connectivity index (χ3v) is 6.10. The predicted molar refractivity (Wildman–Crippen MR) is 159 cm³/mol. The highest BCUT2D eigenvalue weighted by Gasteiger charge is 2.11. The minimum atomic E-state index is 0. The number of benzene rings is 2. The van der Waals surface area contributed by atoms with E-state index in [1.165, 1.54) is 6.20 Å². The predicted octanol–water partition coefficient (Wildman–Crippen LogP) is 6.00. The van der Waals surface area contributed by atoms with Crippen LogP contribution in [0.1, 0.15) is 11.3 Å². The van der Waals surface area contributed by atoms with Crippen LogP contribution in [0, 0.1) is 11.3 Å². The highest BCUT2D eigenvalue weighted by molar-refractivity contribution is 7.92. The van der Waals surface area contributed by atoms with Crippen molar-refractivity contribution in [3.63, 3.8) is 0 Å². The molecule has 0 saturated carbocycles. The maximum Gasteiger partial charge on any atom is 0.204 e. The summed E-state index contributed by atoms with van der Waals surface area (Å²) < 4.78 is 7.09. The molecule has 0 spiro atoms. The van der Waals surface area contributed by atoms with Crippen molar-refractivity contribution in [2.75, 3.05) is 7.05 Å². The Morgan fingerprint density at radius 2 is 1.68 bits per heavy atom. The lowest BCUT2D eigenvalue weighted by Gasteiger charge is -2.16. The van der Waals surface area contributed by atoms with E-state index in [2.05, 4.69) is 15.4 Å². The number of pyridine rings is 2. The van der Waals surface area contributed by atoms with Gasteiger partial charge in [-0.2, -0.15) is 18.8 Å².